The molecule has 2 atom stereocenters. The molecule has 1 aromatic rings. The van der Waals surface area contributed by atoms with Crippen LogP contribution in [0.5, 0.6) is 0 Å². The summed E-state index contributed by atoms with van der Waals surface area (Å²) in [6.45, 7) is 2.78. The lowest BCUT2D eigenvalue weighted by Crippen LogP contribution is -2.46. The van der Waals surface area contributed by atoms with Crippen molar-refractivity contribution in [2.75, 3.05) is 31.6 Å². The highest BCUT2D eigenvalue weighted by Gasteiger charge is 2.35. The summed E-state index contributed by atoms with van der Waals surface area (Å²) in [7, 11) is 0.951. The Kier molecular flexibility index (Phi) is 5.20. The van der Waals surface area contributed by atoms with Crippen molar-refractivity contribution in [3.63, 3.8) is 0 Å². The molecule has 0 N–H and O–H groups in total. The third-order valence-electron chi connectivity index (χ3n) is 5.57. The lowest BCUT2D eigenvalue weighted by atomic mass is 9.92. The van der Waals surface area contributed by atoms with Crippen molar-refractivity contribution < 1.29 is 13.2 Å². The monoisotopic (exact) mass is 368 g/mol. The number of hydrogen-bond donors (Lipinski definition) is 0. The van der Waals surface area contributed by atoms with Gasteiger partial charge in [-0.2, -0.15) is 5.10 Å². The molecule has 2 heterocycles. The van der Waals surface area contributed by atoms with E-state index < -0.39 is 9.84 Å². The summed E-state index contributed by atoms with van der Waals surface area (Å²) < 4.78 is 25.4. The van der Waals surface area contributed by atoms with Gasteiger partial charge in [0.1, 0.15) is 0 Å². The minimum absolute atomic E-state index is 0.0168. The second-order valence-corrected chi connectivity index (χ2v) is 9.46. The Hall–Kier alpha value is -1.41. The van der Waals surface area contributed by atoms with Crippen molar-refractivity contribution in [2.45, 2.75) is 44.7 Å². The van der Waals surface area contributed by atoms with Gasteiger partial charge in [-0.1, -0.05) is 0 Å². The fourth-order valence-electron chi connectivity index (χ4n) is 4.21. The van der Waals surface area contributed by atoms with Crippen LogP contribution >= 0.6 is 0 Å². The molecule has 0 saturated carbocycles. The molecule has 1 saturated heterocycles. The van der Waals surface area contributed by atoms with Crippen molar-refractivity contribution in [1.82, 2.24) is 19.6 Å². The van der Waals surface area contributed by atoms with E-state index in [1.807, 2.05) is 31.9 Å². The SMILES string of the molecule is CCN(C(=O)CN(C)[C@H]1CCCc2c1cnn2C)[C@H]1CCS(=O)(=O)C1. The highest BCUT2D eigenvalue weighted by Crippen LogP contribution is 2.33. The van der Waals surface area contributed by atoms with Gasteiger partial charge in [-0.15, -0.1) is 0 Å². The van der Waals surface area contributed by atoms with Crippen LogP contribution in [0.4, 0.5) is 0 Å². The van der Waals surface area contributed by atoms with Crippen molar-refractivity contribution in [2.24, 2.45) is 7.05 Å². The molecule has 1 aliphatic carbocycles. The first-order chi connectivity index (χ1) is 11.8. The van der Waals surface area contributed by atoms with Gasteiger partial charge in [-0.3, -0.25) is 14.4 Å². The number of aryl methyl sites for hydroxylation is 1. The molecule has 1 aromatic heterocycles. The minimum Gasteiger partial charge on any atom is -0.338 e. The number of fused-ring (bicyclic) bond motifs is 1. The summed E-state index contributed by atoms with van der Waals surface area (Å²) in [6, 6.07) is 0.0311. The molecule has 2 aliphatic rings. The molecule has 0 spiro atoms. The van der Waals surface area contributed by atoms with E-state index in [9.17, 15) is 13.2 Å². The Morgan fingerprint density at radius 3 is 2.80 bits per heavy atom. The molecule has 3 rings (SSSR count). The van der Waals surface area contributed by atoms with Crippen LogP contribution < -0.4 is 0 Å². The van der Waals surface area contributed by atoms with Gasteiger partial charge in [-0.25, -0.2) is 8.42 Å². The summed E-state index contributed by atoms with van der Waals surface area (Å²) in [6.07, 6.45) is 5.62. The van der Waals surface area contributed by atoms with E-state index >= 15 is 0 Å². The van der Waals surface area contributed by atoms with Gasteiger partial charge in [0.15, 0.2) is 9.84 Å². The van der Waals surface area contributed by atoms with Gasteiger partial charge >= 0.3 is 0 Å². The van der Waals surface area contributed by atoms with Gasteiger partial charge in [0.25, 0.3) is 0 Å². The van der Waals surface area contributed by atoms with Gasteiger partial charge < -0.3 is 4.90 Å². The number of amides is 1. The van der Waals surface area contributed by atoms with E-state index in [2.05, 4.69) is 10.00 Å². The molecular weight excluding hydrogens is 340 g/mol. The summed E-state index contributed by atoms with van der Waals surface area (Å²) in [4.78, 5) is 16.6. The number of nitrogens with zero attached hydrogens (tertiary/aromatic N) is 4. The van der Waals surface area contributed by atoms with Gasteiger partial charge in [0.2, 0.25) is 5.91 Å². The van der Waals surface area contributed by atoms with E-state index in [1.165, 1.54) is 11.3 Å². The number of aromatic nitrogens is 2. The fraction of sp³-hybridized carbons (Fsp3) is 0.765. The van der Waals surface area contributed by atoms with Crippen LogP contribution in [-0.4, -0.2) is 71.6 Å². The summed E-state index contributed by atoms with van der Waals surface area (Å²) in [5, 5.41) is 4.37. The Morgan fingerprint density at radius 1 is 1.40 bits per heavy atom. The number of hydrogen-bond acceptors (Lipinski definition) is 5. The number of carbonyl (C=O) groups is 1. The highest BCUT2D eigenvalue weighted by atomic mass is 32.2. The molecule has 1 aliphatic heterocycles. The van der Waals surface area contributed by atoms with E-state index in [4.69, 9.17) is 0 Å². The molecule has 25 heavy (non-hydrogen) atoms. The summed E-state index contributed by atoms with van der Waals surface area (Å²) in [5.74, 6) is 0.314. The Bertz CT molecular complexity index is 743. The average molecular weight is 369 g/mol. The average Bonchev–Trinajstić information content (AvgIpc) is 3.11. The molecule has 0 radical (unpaired) electrons. The van der Waals surface area contributed by atoms with Crippen LogP contribution in [-0.2, 0) is 28.1 Å². The standard InChI is InChI=1S/C17H28N4O3S/c1-4-21(13-8-9-25(23,24)12-13)17(22)11-19(2)15-6-5-7-16-14(15)10-18-20(16)3/h10,13,15H,4-9,11-12H2,1-3H3/t13-,15-/m0/s1. The highest BCUT2D eigenvalue weighted by molar-refractivity contribution is 7.91. The number of likely N-dealkylation sites (N-methyl/N-ethyl adjacent to an activating group) is 2. The zero-order valence-electron chi connectivity index (χ0n) is 15.3. The largest absolute Gasteiger partial charge is 0.338 e. The number of rotatable bonds is 5. The van der Waals surface area contributed by atoms with Crippen LogP contribution in [0.2, 0.25) is 0 Å². The zero-order chi connectivity index (χ0) is 18.2. The predicted octanol–water partition coefficient (Wildman–Crippen LogP) is 0.765. The van der Waals surface area contributed by atoms with Crippen molar-refractivity contribution in [3.05, 3.63) is 17.5 Å². The Morgan fingerprint density at radius 2 is 2.16 bits per heavy atom. The fourth-order valence-corrected chi connectivity index (χ4v) is 5.94. The third-order valence-corrected chi connectivity index (χ3v) is 7.32. The number of sulfone groups is 1. The van der Waals surface area contributed by atoms with Crippen molar-refractivity contribution >= 4 is 15.7 Å². The topological polar surface area (TPSA) is 75.5 Å². The van der Waals surface area contributed by atoms with Gasteiger partial charge in [0.05, 0.1) is 24.2 Å². The minimum atomic E-state index is -2.99. The molecule has 140 valence electrons. The molecule has 7 nitrogen and oxygen atoms in total. The van der Waals surface area contributed by atoms with E-state index in [1.54, 1.807) is 4.90 Å². The molecule has 0 unspecified atom stereocenters. The Labute approximate surface area is 149 Å². The van der Waals surface area contributed by atoms with Crippen LogP contribution in [0, 0.1) is 0 Å². The van der Waals surface area contributed by atoms with Crippen LogP contribution in [0.15, 0.2) is 6.20 Å². The van der Waals surface area contributed by atoms with Crippen LogP contribution in [0.1, 0.15) is 43.5 Å². The lowest BCUT2D eigenvalue weighted by Gasteiger charge is -2.34. The second kappa shape index (κ2) is 7.07. The third kappa shape index (κ3) is 3.74. The molecule has 0 bridgehead atoms. The quantitative estimate of drug-likeness (QED) is 0.767. The maximum absolute atomic E-state index is 12.8. The molecule has 0 aromatic carbocycles. The van der Waals surface area contributed by atoms with Crippen molar-refractivity contribution in [3.8, 4) is 0 Å². The smallest absolute Gasteiger partial charge is 0.237 e. The Balaban J connectivity index is 1.68. The molecule has 1 amide bonds. The van der Waals surface area contributed by atoms with E-state index in [0.29, 0.717) is 19.5 Å². The first-order valence-electron chi connectivity index (χ1n) is 9.03. The normalized spacial score (nSPS) is 25.1. The van der Waals surface area contributed by atoms with E-state index in [-0.39, 0.29) is 29.5 Å². The van der Waals surface area contributed by atoms with Crippen LogP contribution in [0.3, 0.4) is 0 Å². The lowest BCUT2D eigenvalue weighted by molar-refractivity contribution is -0.134. The predicted molar refractivity (Wildman–Crippen MR) is 96.0 cm³/mol. The first kappa shape index (κ1) is 18.4. The number of carbonyl (C=O) groups excluding carboxylic acids is 1. The van der Waals surface area contributed by atoms with Crippen molar-refractivity contribution in [1.29, 1.82) is 0 Å². The van der Waals surface area contributed by atoms with E-state index in [0.717, 1.165) is 19.3 Å². The molecular formula is C17H28N4O3S. The maximum atomic E-state index is 12.8. The summed E-state index contributed by atoms with van der Waals surface area (Å²) >= 11 is 0. The van der Waals surface area contributed by atoms with Crippen LogP contribution in [0.25, 0.3) is 0 Å². The second-order valence-electron chi connectivity index (χ2n) is 7.23. The summed E-state index contributed by atoms with van der Waals surface area (Å²) in [5.41, 5.74) is 2.47. The molecule has 1 fully saturated rings. The van der Waals surface area contributed by atoms with Gasteiger partial charge in [0, 0.05) is 36.9 Å². The first-order valence-corrected chi connectivity index (χ1v) is 10.9. The zero-order valence-corrected chi connectivity index (χ0v) is 16.1. The maximum Gasteiger partial charge on any atom is 0.237 e. The van der Waals surface area contributed by atoms with Gasteiger partial charge in [-0.05, 0) is 39.7 Å². The molecule has 8 heteroatoms.